The first-order valence-corrected chi connectivity index (χ1v) is 12.8. The number of fused-ring (bicyclic) bond motifs is 2. The van der Waals surface area contributed by atoms with E-state index in [1.165, 1.54) is 11.8 Å². The lowest BCUT2D eigenvalue weighted by Gasteiger charge is -2.24. The lowest BCUT2D eigenvalue weighted by molar-refractivity contribution is -0.117. The van der Waals surface area contributed by atoms with E-state index in [0.29, 0.717) is 23.2 Å². The minimum absolute atomic E-state index is 0.0836. The summed E-state index contributed by atoms with van der Waals surface area (Å²) in [5.74, 6) is 1.34. The van der Waals surface area contributed by atoms with Crippen LogP contribution < -0.4 is 9.47 Å². The molecule has 0 N–H and O–H groups in total. The van der Waals surface area contributed by atoms with Gasteiger partial charge in [-0.1, -0.05) is 47.7 Å². The van der Waals surface area contributed by atoms with Crippen molar-refractivity contribution >= 4 is 32.7 Å². The number of ether oxygens (including phenoxy) is 2. The zero-order valence-electron chi connectivity index (χ0n) is 17.0. The number of nitrogens with zero attached hydrogens (tertiary/aromatic N) is 2. The summed E-state index contributed by atoms with van der Waals surface area (Å²) in [5, 5.41) is 0.491. The SMILES string of the molecule is Cc1cccc(CC(=O)N=C2S[C@@H]3CS(=O)(=O)C[C@H]3N2Cc2ccc3c(c2)OCO3)c1. The fraction of sp³-hybridized carbons (Fsp3) is 0.364. The van der Waals surface area contributed by atoms with Gasteiger partial charge in [-0.05, 0) is 30.2 Å². The van der Waals surface area contributed by atoms with E-state index in [9.17, 15) is 13.2 Å². The van der Waals surface area contributed by atoms with Crippen molar-refractivity contribution in [2.75, 3.05) is 18.3 Å². The average Bonchev–Trinajstić information content (AvgIpc) is 3.35. The summed E-state index contributed by atoms with van der Waals surface area (Å²) in [4.78, 5) is 19.1. The standard InChI is InChI=1S/C22H22N2O5S2/c1-14-3-2-4-15(7-14)9-21(25)23-22-24(17-11-31(26,27)12-20(17)30-22)10-16-5-6-18-19(8-16)29-13-28-18/h2-8,17,20H,9-13H2,1H3/t17-,20-/m1/s1. The molecule has 3 heterocycles. The molecule has 2 aromatic carbocycles. The van der Waals surface area contributed by atoms with Crippen LogP contribution in [0.15, 0.2) is 47.5 Å². The maximum atomic E-state index is 12.7. The molecule has 3 aliphatic heterocycles. The molecule has 0 aliphatic carbocycles. The number of aryl methyl sites for hydroxylation is 1. The zero-order chi connectivity index (χ0) is 21.6. The number of hydrogen-bond acceptors (Lipinski definition) is 6. The van der Waals surface area contributed by atoms with Crippen molar-refractivity contribution in [3.05, 3.63) is 59.2 Å². The van der Waals surface area contributed by atoms with E-state index < -0.39 is 9.84 Å². The van der Waals surface area contributed by atoms with E-state index in [-0.39, 0.29) is 41.9 Å². The first kappa shape index (κ1) is 20.4. The first-order chi connectivity index (χ1) is 14.9. The van der Waals surface area contributed by atoms with Gasteiger partial charge < -0.3 is 14.4 Å². The fourth-order valence-electron chi connectivity index (χ4n) is 4.20. The highest BCUT2D eigenvalue weighted by atomic mass is 32.2. The maximum Gasteiger partial charge on any atom is 0.252 e. The van der Waals surface area contributed by atoms with Crippen LogP contribution in [0.2, 0.25) is 0 Å². The van der Waals surface area contributed by atoms with Gasteiger partial charge in [-0.3, -0.25) is 4.79 Å². The van der Waals surface area contributed by atoms with Crippen LogP contribution >= 0.6 is 11.8 Å². The van der Waals surface area contributed by atoms with Crippen molar-refractivity contribution in [1.29, 1.82) is 0 Å². The number of thioether (sulfide) groups is 1. The molecule has 5 rings (SSSR count). The van der Waals surface area contributed by atoms with Crippen LogP contribution in [0, 0.1) is 6.92 Å². The van der Waals surface area contributed by atoms with E-state index in [4.69, 9.17) is 9.47 Å². The van der Waals surface area contributed by atoms with Crippen LogP contribution in [-0.4, -0.2) is 54.0 Å². The molecule has 9 heteroatoms. The van der Waals surface area contributed by atoms with Gasteiger partial charge >= 0.3 is 0 Å². The Bertz CT molecular complexity index is 1180. The van der Waals surface area contributed by atoms with E-state index in [1.54, 1.807) is 0 Å². The number of benzene rings is 2. The van der Waals surface area contributed by atoms with Crippen LogP contribution in [0.5, 0.6) is 11.5 Å². The van der Waals surface area contributed by atoms with Gasteiger partial charge in [0.05, 0.1) is 24.0 Å². The fourth-order valence-corrected chi connectivity index (χ4v) is 8.17. The smallest absolute Gasteiger partial charge is 0.252 e. The molecule has 0 aromatic heterocycles. The van der Waals surface area contributed by atoms with Gasteiger partial charge in [0.25, 0.3) is 5.91 Å². The third-order valence-electron chi connectivity index (χ3n) is 5.62. The predicted molar refractivity (Wildman–Crippen MR) is 119 cm³/mol. The Morgan fingerprint density at radius 2 is 1.97 bits per heavy atom. The minimum atomic E-state index is -3.09. The van der Waals surface area contributed by atoms with Crippen molar-refractivity contribution in [2.45, 2.75) is 31.2 Å². The quantitative estimate of drug-likeness (QED) is 0.696. The summed E-state index contributed by atoms with van der Waals surface area (Å²) >= 11 is 1.40. The lowest BCUT2D eigenvalue weighted by atomic mass is 10.1. The van der Waals surface area contributed by atoms with Crippen LogP contribution in [0.25, 0.3) is 0 Å². The zero-order valence-corrected chi connectivity index (χ0v) is 18.6. The predicted octanol–water partition coefficient (Wildman–Crippen LogP) is 2.56. The highest BCUT2D eigenvalue weighted by Gasteiger charge is 2.48. The number of carbonyl (C=O) groups is 1. The van der Waals surface area contributed by atoms with Gasteiger partial charge in [0.1, 0.15) is 0 Å². The summed E-state index contributed by atoms with van der Waals surface area (Å²) in [6, 6.07) is 13.3. The molecule has 0 unspecified atom stereocenters. The second-order valence-corrected chi connectivity index (χ2v) is 11.4. The summed E-state index contributed by atoms with van der Waals surface area (Å²) in [7, 11) is -3.09. The van der Waals surface area contributed by atoms with E-state index in [0.717, 1.165) is 16.7 Å². The summed E-state index contributed by atoms with van der Waals surface area (Å²) in [6.07, 6.45) is 0.219. The van der Waals surface area contributed by atoms with Crippen LogP contribution in [0.1, 0.15) is 16.7 Å². The average molecular weight is 459 g/mol. The first-order valence-electron chi connectivity index (χ1n) is 10.1. The Morgan fingerprint density at radius 1 is 1.13 bits per heavy atom. The van der Waals surface area contributed by atoms with Crippen molar-refractivity contribution in [3.63, 3.8) is 0 Å². The molecular formula is C22H22N2O5S2. The number of amidine groups is 1. The van der Waals surface area contributed by atoms with Gasteiger partial charge in [-0.25, -0.2) is 8.42 Å². The molecule has 7 nitrogen and oxygen atoms in total. The monoisotopic (exact) mass is 458 g/mol. The van der Waals surface area contributed by atoms with Crippen molar-refractivity contribution < 1.29 is 22.7 Å². The molecule has 2 saturated heterocycles. The highest BCUT2D eigenvalue weighted by molar-refractivity contribution is 8.15. The molecule has 2 fully saturated rings. The largest absolute Gasteiger partial charge is 0.454 e. The van der Waals surface area contributed by atoms with E-state index in [2.05, 4.69) is 4.99 Å². The molecule has 0 bridgehead atoms. The van der Waals surface area contributed by atoms with Crippen LogP contribution in [-0.2, 0) is 27.6 Å². The number of carbonyl (C=O) groups excluding carboxylic acids is 1. The van der Waals surface area contributed by atoms with Crippen molar-refractivity contribution in [2.24, 2.45) is 4.99 Å². The molecule has 162 valence electrons. The molecule has 2 aromatic rings. The number of amides is 1. The molecule has 0 radical (unpaired) electrons. The summed E-state index contributed by atoms with van der Waals surface area (Å²) < 4.78 is 35.3. The maximum absolute atomic E-state index is 12.7. The lowest BCUT2D eigenvalue weighted by Crippen LogP contribution is -2.37. The number of rotatable bonds is 4. The molecule has 1 amide bonds. The Hall–Kier alpha value is -2.52. The minimum Gasteiger partial charge on any atom is -0.454 e. The third kappa shape index (κ3) is 4.29. The van der Waals surface area contributed by atoms with Crippen molar-refractivity contribution in [3.8, 4) is 11.5 Å². The van der Waals surface area contributed by atoms with Crippen LogP contribution in [0.3, 0.4) is 0 Å². The van der Waals surface area contributed by atoms with Gasteiger partial charge in [0, 0.05) is 11.8 Å². The highest BCUT2D eigenvalue weighted by Crippen LogP contribution is 2.40. The normalized spacial score (nSPS) is 24.5. The van der Waals surface area contributed by atoms with Gasteiger partial charge in [0.2, 0.25) is 6.79 Å². The van der Waals surface area contributed by atoms with E-state index >= 15 is 0 Å². The second kappa shape index (κ2) is 7.87. The number of hydrogen-bond donors (Lipinski definition) is 0. The van der Waals surface area contributed by atoms with Gasteiger partial charge in [0.15, 0.2) is 26.5 Å². The summed E-state index contributed by atoms with van der Waals surface area (Å²) in [6.45, 7) is 2.64. The molecular weight excluding hydrogens is 436 g/mol. The van der Waals surface area contributed by atoms with Gasteiger partial charge in [-0.2, -0.15) is 4.99 Å². The molecule has 2 atom stereocenters. The van der Waals surface area contributed by atoms with Gasteiger partial charge in [-0.15, -0.1) is 0 Å². The Balaban J connectivity index is 1.40. The number of aliphatic imine (C=N–C) groups is 1. The second-order valence-electron chi connectivity index (χ2n) is 8.07. The summed E-state index contributed by atoms with van der Waals surface area (Å²) in [5.41, 5.74) is 2.97. The Labute approximate surface area is 185 Å². The molecule has 0 spiro atoms. The van der Waals surface area contributed by atoms with Crippen LogP contribution in [0.4, 0.5) is 0 Å². The number of sulfone groups is 1. The molecule has 31 heavy (non-hydrogen) atoms. The Kier molecular flexibility index (Phi) is 5.18. The van der Waals surface area contributed by atoms with E-state index in [1.807, 2.05) is 54.3 Å². The molecule has 0 saturated carbocycles. The Morgan fingerprint density at radius 3 is 2.81 bits per heavy atom. The topological polar surface area (TPSA) is 85.3 Å². The molecule has 3 aliphatic rings. The third-order valence-corrected chi connectivity index (χ3v) is 8.87. The van der Waals surface area contributed by atoms with Crippen molar-refractivity contribution in [1.82, 2.24) is 4.90 Å².